The third-order valence-corrected chi connectivity index (χ3v) is 6.90. The number of phenolic OH excluding ortho intramolecular Hbond substituents is 1. The second-order valence-corrected chi connectivity index (χ2v) is 9.58. The number of nitrogens with one attached hydrogen (secondary N) is 1. The number of anilines is 1. The van der Waals surface area contributed by atoms with Gasteiger partial charge in [0.1, 0.15) is 17.4 Å². The van der Waals surface area contributed by atoms with Crippen LogP contribution in [-0.2, 0) is 0 Å². The summed E-state index contributed by atoms with van der Waals surface area (Å²) in [5, 5.41) is 14.8. The van der Waals surface area contributed by atoms with Crippen LogP contribution in [0.15, 0.2) is 42.5 Å². The fourth-order valence-electron chi connectivity index (χ4n) is 4.14. The van der Waals surface area contributed by atoms with Crippen LogP contribution >= 0.6 is 23.2 Å². The van der Waals surface area contributed by atoms with Crippen molar-refractivity contribution < 1.29 is 9.50 Å². The molecule has 1 saturated heterocycles. The van der Waals surface area contributed by atoms with E-state index < -0.39 is 5.82 Å². The van der Waals surface area contributed by atoms with Gasteiger partial charge in [-0.05, 0) is 74.5 Å². The van der Waals surface area contributed by atoms with Crippen molar-refractivity contribution in [3.8, 4) is 28.1 Å². The van der Waals surface area contributed by atoms with Crippen LogP contribution in [0.1, 0.15) is 12.0 Å². The Bertz CT molecular complexity index is 1150. The molecule has 0 unspecified atom stereocenters. The topological polar surface area (TPSA) is 51.6 Å². The number of aryl methyl sites for hydroxylation is 1. The molecule has 0 saturated carbocycles. The van der Waals surface area contributed by atoms with Crippen molar-refractivity contribution in [2.75, 3.05) is 51.6 Å². The summed E-state index contributed by atoms with van der Waals surface area (Å²) in [4.78, 5) is 9.50. The first-order valence-corrected chi connectivity index (χ1v) is 12.2. The molecule has 3 aromatic rings. The number of likely N-dealkylation sites (N-methyl/N-ethyl adjacent to an activating group) is 1. The summed E-state index contributed by atoms with van der Waals surface area (Å²) < 4.78 is 14.7. The van der Waals surface area contributed by atoms with Gasteiger partial charge in [0.15, 0.2) is 0 Å². The van der Waals surface area contributed by atoms with Gasteiger partial charge >= 0.3 is 0 Å². The molecule has 0 aliphatic carbocycles. The molecule has 4 rings (SSSR count). The number of nitrogens with zero attached hydrogens (tertiary/aromatic N) is 3. The highest BCUT2D eigenvalue weighted by Crippen LogP contribution is 2.38. The van der Waals surface area contributed by atoms with Crippen molar-refractivity contribution >= 4 is 29.0 Å². The van der Waals surface area contributed by atoms with Crippen LogP contribution in [-0.4, -0.2) is 66.2 Å². The summed E-state index contributed by atoms with van der Waals surface area (Å²) in [6.45, 7) is 7.87. The Hall–Kier alpha value is -2.38. The molecule has 0 bridgehead atoms. The molecule has 1 aliphatic rings. The van der Waals surface area contributed by atoms with Crippen LogP contribution in [0, 0.1) is 12.7 Å². The number of aromatic hydroxyl groups is 1. The minimum absolute atomic E-state index is 0.0622. The van der Waals surface area contributed by atoms with E-state index in [0.29, 0.717) is 44.8 Å². The zero-order valence-corrected chi connectivity index (χ0v) is 20.9. The van der Waals surface area contributed by atoms with Gasteiger partial charge < -0.3 is 20.2 Å². The highest BCUT2D eigenvalue weighted by Gasteiger charge is 2.17. The predicted molar refractivity (Wildman–Crippen MR) is 139 cm³/mol. The van der Waals surface area contributed by atoms with Crippen LogP contribution in [0.3, 0.4) is 0 Å². The Balaban J connectivity index is 1.61. The van der Waals surface area contributed by atoms with Gasteiger partial charge in [-0.1, -0.05) is 29.3 Å². The van der Waals surface area contributed by atoms with Crippen LogP contribution in [0.25, 0.3) is 22.4 Å². The summed E-state index contributed by atoms with van der Waals surface area (Å²) in [5.74, 6) is 0.227. The summed E-state index contributed by atoms with van der Waals surface area (Å²) in [6, 6.07) is 11.4. The number of phenols is 1. The number of halogens is 3. The summed E-state index contributed by atoms with van der Waals surface area (Å²) in [7, 11) is 2.15. The molecule has 1 aromatic heterocycles. The maximum Gasteiger partial charge on any atom is 0.132 e. The Kier molecular flexibility index (Phi) is 7.94. The van der Waals surface area contributed by atoms with E-state index in [9.17, 15) is 9.50 Å². The van der Waals surface area contributed by atoms with Crippen molar-refractivity contribution in [3.05, 3.63) is 63.9 Å². The Morgan fingerprint density at radius 3 is 2.56 bits per heavy atom. The maximum absolute atomic E-state index is 14.7. The number of aromatic nitrogens is 1. The lowest BCUT2D eigenvalue weighted by molar-refractivity contribution is 0.154. The van der Waals surface area contributed by atoms with Crippen LogP contribution < -0.4 is 5.32 Å². The fraction of sp³-hybridized carbons (Fsp3) is 0.346. The zero-order chi connectivity index (χ0) is 24.2. The SMILES string of the molecule is Cc1cc(O)c(-c2cc(-c3c(F)cccc3Cl)cc(NCCCN3CCN(C)CC3)n2)cc1Cl. The smallest absolute Gasteiger partial charge is 0.132 e. The van der Waals surface area contributed by atoms with Crippen molar-refractivity contribution in [3.63, 3.8) is 0 Å². The van der Waals surface area contributed by atoms with E-state index in [1.807, 2.05) is 6.92 Å². The highest BCUT2D eigenvalue weighted by atomic mass is 35.5. The number of rotatable bonds is 7. The van der Waals surface area contributed by atoms with E-state index in [1.165, 1.54) is 6.07 Å². The van der Waals surface area contributed by atoms with Gasteiger partial charge in [0.25, 0.3) is 0 Å². The van der Waals surface area contributed by atoms with Gasteiger partial charge in [-0.15, -0.1) is 0 Å². The van der Waals surface area contributed by atoms with E-state index >= 15 is 0 Å². The van der Waals surface area contributed by atoms with Gasteiger partial charge in [0, 0.05) is 48.9 Å². The molecule has 0 atom stereocenters. The van der Waals surface area contributed by atoms with E-state index in [4.69, 9.17) is 28.2 Å². The molecule has 0 amide bonds. The van der Waals surface area contributed by atoms with Crippen LogP contribution in [0.4, 0.5) is 10.2 Å². The minimum Gasteiger partial charge on any atom is -0.507 e. The molecule has 2 aromatic carbocycles. The lowest BCUT2D eigenvalue weighted by Crippen LogP contribution is -2.44. The van der Waals surface area contributed by atoms with Gasteiger partial charge in [0.05, 0.1) is 10.7 Å². The van der Waals surface area contributed by atoms with Crippen molar-refractivity contribution in [2.24, 2.45) is 0 Å². The third kappa shape index (κ3) is 5.81. The van der Waals surface area contributed by atoms with Gasteiger partial charge in [-0.3, -0.25) is 0 Å². The van der Waals surface area contributed by atoms with Crippen molar-refractivity contribution in [1.29, 1.82) is 0 Å². The number of piperazine rings is 1. The maximum atomic E-state index is 14.7. The minimum atomic E-state index is -0.420. The number of hydrogen-bond acceptors (Lipinski definition) is 5. The Morgan fingerprint density at radius 1 is 1.06 bits per heavy atom. The van der Waals surface area contributed by atoms with Crippen molar-refractivity contribution in [2.45, 2.75) is 13.3 Å². The Labute approximate surface area is 210 Å². The Morgan fingerprint density at radius 2 is 1.82 bits per heavy atom. The van der Waals surface area contributed by atoms with Crippen LogP contribution in [0.2, 0.25) is 10.0 Å². The first kappa shape index (κ1) is 24.7. The molecular formula is C26H29Cl2FN4O. The molecule has 34 heavy (non-hydrogen) atoms. The monoisotopic (exact) mass is 502 g/mol. The second kappa shape index (κ2) is 10.9. The molecule has 1 aliphatic heterocycles. The van der Waals surface area contributed by atoms with Crippen LogP contribution in [0.5, 0.6) is 5.75 Å². The van der Waals surface area contributed by atoms with E-state index in [-0.39, 0.29) is 5.75 Å². The molecule has 0 radical (unpaired) electrons. The molecule has 1 fully saturated rings. The quantitative estimate of drug-likeness (QED) is 0.392. The average Bonchev–Trinajstić information content (AvgIpc) is 2.80. The van der Waals surface area contributed by atoms with Crippen molar-refractivity contribution in [1.82, 2.24) is 14.8 Å². The molecular weight excluding hydrogens is 474 g/mol. The van der Waals surface area contributed by atoms with E-state index in [2.05, 4.69) is 22.2 Å². The second-order valence-electron chi connectivity index (χ2n) is 8.77. The molecule has 5 nitrogen and oxygen atoms in total. The van der Waals surface area contributed by atoms with Gasteiger partial charge in [0.2, 0.25) is 0 Å². The van der Waals surface area contributed by atoms with E-state index in [1.54, 1.807) is 36.4 Å². The third-order valence-electron chi connectivity index (χ3n) is 6.18. The standard InChI is InChI=1S/C26H29Cl2FN4O/c1-17-13-24(34)19(16-21(17)28)23-14-18(26-20(27)5-3-6-22(26)29)15-25(31-23)30-7-4-8-33-11-9-32(2)10-12-33/h3,5-6,13-16,34H,4,7-12H2,1-2H3,(H,30,31). The number of pyridine rings is 1. The number of hydrogen-bond donors (Lipinski definition) is 2. The first-order valence-electron chi connectivity index (χ1n) is 11.4. The predicted octanol–water partition coefficient (Wildman–Crippen LogP) is 5.92. The molecule has 180 valence electrons. The van der Waals surface area contributed by atoms with Gasteiger partial charge in [-0.2, -0.15) is 0 Å². The molecule has 2 N–H and O–H groups in total. The lowest BCUT2D eigenvalue weighted by Gasteiger charge is -2.32. The van der Waals surface area contributed by atoms with E-state index in [0.717, 1.165) is 44.7 Å². The average molecular weight is 503 g/mol. The van der Waals surface area contributed by atoms with Gasteiger partial charge in [-0.25, -0.2) is 9.37 Å². The first-order chi connectivity index (χ1) is 16.3. The number of benzene rings is 2. The molecule has 8 heteroatoms. The highest BCUT2D eigenvalue weighted by molar-refractivity contribution is 6.33. The lowest BCUT2D eigenvalue weighted by atomic mass is 10.0. The molecule has 2 heterocycles. The summed E-state index contributed by atoms with van der Waals surface area (Å²) in [6.07, 6.45) is 0.951. The fourth-order valence-corrected chi connectivity index (χ4v) is 4.57. The zero-order valence-electron chi connectivity index (χ0n) is 19.4. The summed E-state index contributed by atoms with van der Waals surface area (Å²) >= 11 is 12.7. The summed E-state index contributed by atoms with van der Waals surface area (Å²) in [5.41, 5.74) is 2.60. The largest absolute Gasteiger partial charge is 0.507 e. The normalized spacial score (nSPS) is 15.0. The molecule has 0 spiro atoms.